The van der Waals surface area contributed by atoms with E-state index in [0.29, 0.717) is 29.2 Å². The third-order valence-corrected chi connectivity index (χ3v) is 8.88. The van der Waals surface area contributed by atoms with Gasteiger partial charge >= 0.3 is 0 Å². The van der Waals surface area contributed by atoms with Gasteiger partial charge in [-0.25, -0.2) is 14.4 Å². The largest absolute Gasteiger partial charge is 0.393 e. The van der Waals surface area contributed by atoms with Crippen LogP contribution in [0.4, 0.5) is 33.0 Å². The van der Waals surface area contributed by atoms with Gasteiger partial charge in [-0.1, -0.05) is 43.0 Å². The molecule has 10 heteroatoms. The minimum Gasteiger partial charge on any atom is -0.393 e. The van der Waals surface area contributed by atoms with Crippen LogP contribution in [0.2, 0.25) is 5.15 Å². The second kappa shape index (κ2) is 12.6. The lowest BCUT2D eigenvalue weighted by molar-refractivity contribution is -0.117. The molecule has 1 aliphatic carbocycles. The molecular formula is C31H39ClFN7O. The lowest BCUT2D eigenvalue weighted by atomic mass is 9.87. The van der Waals surface area contributed by atoms with Crippen molar-refractivity contribution in [1.82, 2.24) is 14.9 Å². The van der Waals surface area contributed by atoms with Crippen molar-refractivity contribution in [3.63, 3.8) is 0 Å². The first-order valence-electron chi connectivity index (χ1n) is 14.4. The summed E-state index contributed by atoms with van der Waals surface area (Å²) in [5.41, 5.74) is 9.10. The number of nitrogens with zero attached hydrogens (tertiary/aromatic N) is 4. The highest BCUT2D eigenvalue weighted by Gasteiger charge is 2.29. The van der Waals surface area contributed by atoms with Gasteiger partial charge in [0.2, 0.25) is 5.91 Å². The molecule has 0 bridgehead atoms. The number of hydrogen-bond acceptors (Lipinski definition) is 7. The average molecular weight is 580 g/mol. The Morgan fingerprint density at radius 1 is 1.05 bits per heavy atom. The highest BCUT2D eigenvalue weighted by Crippen LogP contribution is 2.40. The van der Waals surface area contributed by atoms with Gasteiger partial charge in [-0.3, -0.25) is 9.69 Å². The predicted octanol–water partition coefficient (Wildman–Crippen LogP) is 6.70. The van der Waals surface area contributed by atoms with Gasteiger partial charge in [0.05, 0.1) is 5.69 Å². The summed E-state index contributed by atoms with van der Waals surface area (Å²) in [7, 11) is 2.11. The monoisotopic (exact) mass is 579 g/mol. The molecule has 0 radical (unpaired) electrons. The average Bonchev–Trinajstić information content (AvgIpc) is 2.96. The van der Waals surface area contributed by atoms with E-state index < -0.39 is 5.82 Å². The first-order chi connectivity index (χ1) is 19.7. The Bertz CT molecular complexity index is 1370. The number of benzene rings is 2. The van der Waals surface area contributed by atoms with Gasteiger partial charge in [0, 0.05) is 42.8 Å². The van der Waals surface area contributed by atoms with Crippen LogP contribution in [0.25, 0.3) is 11.1 Å². The second-order valence-electron chi connectivity index (χ2n) is 11.5. The lowest BCUT2D eigenvalue weighted by Gasteiger charge is -2.44. The number of likely N-dealkylation sites (N-methyl/N-ethyl adjacent to an activating group) is 1. The molecule has 5 rings (SSSR count). The van der Waals surface area contributed by atoms with Gasteiger partial charge in [0.15, 0.2) is 16.8 Å². The number of hydrogen-bond donors (Lipinski definition) is 3. The number of carbonyl (C=O) groups is 1. The molecule has 2 atom stereocenters. The summed E-state index contributed by atoms with van der Waals surface area (Å²) in [4.78, 5) is 25.3. The van der Waals surface area contributed by atoms with Gasteiger partial charge in [0.25, 0.3) is 0 Å². The number of nitrogens with two attached hydrogens (primary N) is 1. The van der Waals surface area contributed by atoms with Crippen molar-refractivity contribution in [3.8, 4) is 11.1 Å². The normalized spacial score (nSPS) is 20.2. The van der Waals surface area contributed by atoms with E-state index in [2.05, 4.69) is 51.3 Å². The zero-order valence-electron chi connectivity index (χ0n) is 24.0. The summed E-state index contributed by atoms with van der Waals surface area (Å²) in [5.74, 6) is 0.313. The third kappa shape index (κ3) is 6.57. The highest BCUT2D eigenvalue weighted by molar-refractivity contribution is 6.32. The third-order valence-electron chi connectivity index (χ3n) is 8.58. The quantitative estimate of drug-likeness (QED) is 0.268. The van der Waals surface area contributed by atoms with E-state index in [1.807, 2.05) is 30.3 Å². The Balaban J connectivity index is 1.43. The number of nitrogens with one attached hydrogen (secondary N) is 2. The van der Waals surface area contributed by atoms with E-state index in [1.54, 1.807) is 6.07 Å². The molecule has 1 aromatic heterocycles. The minimum atomic E-state index is -0.426. The maximum absolute atomic E-state index is 16.4. The van der Waals surface area contributed by atoms with Crippen LogP contribution in [0.5, 0.6) is 0 Å². The first-order valence-corrected chi connectivity index (χ1v) is 14.8. The topological polar surface area (TPSA) is 99.4 Å². The molecule has 1 saturated carbocycles. The maximum Gasteiger partial charge on any atom is 0.224 e. The molecule has 2 aromatic carbocycles. The molecule has 2 fully saturated rings. The highest BCUT2D eigenvalue weighted by atomic mass is 35.5. The molecule has 1 amide bonds. The Morgan fingerprint density at radius 3 is 2.41 bits per heavy atom. The number of rotatable bonds is 7. The molecule has 218 valence electrons. The van der Waals surface area contributed by atoms with Crippen molar-refractivity contribution >= 4 is 46.1 Å². The van der Waals surface area contributed by atoms with Crippen LogP contribution in [0.15, 0.2) is 42.7 Å². The fraction of sp³-hybridized carbons (Fsp3) is 0.452. The number of piperazine rings is 1. The van der Waals surface area contributed by atoms with Crippen LogP contribution in [0.3, 0.4) is 0 Å². The number of nitrogen functional groups attached to an aromatic ring is 1. The van der Waals surface area contributed by atoms with Crippen LogP contribution >= 0.6 is 11.6 Å². The van der Waals surface area contributed by atoms with E-state index >= 15 is 4.39 Å². The number of halogens is 2. The smallest absolute Gasteiger partial charge is 0.224 e. The summed E-state index contributed by atoms with van der Waals surface area (Å²) in [6.07, 6.45) is 7.77. The number of anilines is 5. The molecule has 2 aliphatic rings. The molecule has 4 N–H and O–H groups in total. The maximum atomic E-state index is 16.4. The summed E-state index contributed by atoms with van der Waals surface area (Å²) in [6, 6.07) is 11.6. The second-order valence-corrected chi connectivity index (χ2v) is 11.8. The summed E-state index contributed by atoms with van der Waals surface area (Å²) >= 11 is 6.14. The van der Waals surface area contributed by atoms with Gasteiger partial charge in [-0.15, -0.1) is 0 Å². The SMILES string of the molecule is C[C@@H]1CN(c2ccc(-c3ccc(NC(=O)CC4CCCCC4)cc3)c(F)c2Nc2ncnc(Cl)c2N)C[C@H](C)N1C. The summed E-state index contributed by atoms with van der Waals surface area (Å²) < 4.78 is 16.4. The molecular weight excluding hydrogens is 541 g/mol. The van der Waals surface area contributed by atoms with Crippen LogP contribution in [-0.2, 0) is 4.79 Å². The molecule has 41 heavy (non-hydrogen) atoms. The van der Waals surface area contributed by atoms with Gasteiger partial charge in [0.1, 0.15) is 17.7 Å². The van der Waals surface area contributed by atoms with Crippen molar-refractivity contribution in [2.45, 2.75) is 64.5 Å². The standard InChI is InChI=1S/C31H39ClFN7O/c1-19-16-40(17-20(2)39(19)3)25-14-13-24(27(33)29(25)38-31-28(34)30(32)35-18-36-31)22-9-11-23(12-10-22)37-26(41)15-21-7-5-4-6-8-21/h9-14,18-21H,4-8,15-17,34H2,1-3H3,(H,37,41)(H,35,36,38)/t19-,20+. The molecule has 0 spiro atoms. The molecule has 0 unspecified atom stereocenters. The zero-order chi connectivity index (χ0) is 29.1. The molecule has 2 heterocycles. The molecule has 8 nitrogen and oxygen atoms in total. The Morgan fingerprint density at radius 2 is 1.73 bits per heavy atom. The van der Waals surface area contributed by atoms with Gasteiger partial charge in [-0.05, 0) is 69.5 Å². The van der Waals surface area contributed by atoms with Crippen molar-refractivity contribution in [3.05, 3.63) is 53.7 Å². The minimum absolute atomic E-state index is 0.0309. The van der Waals surface area contributed by atoms with Crippen LogP contribution < -0.4 is 21.3 Å². The lowest BCUT2D eigenvalue weighted by Crippen LogP contribution is -2.55. The van der Waals surface area contributed by atoms with Crippen molar-refractivity contribution < 1.29 is 9.18 Å². The fourth-order valence-electron chi connectivity index (χ4n) is 5.96. The molecule has 1 aliphatic heterocycles. The van der Waals surface area contributed by atoms with Crippen molar-refractivity contribution in [2.75, 3.05) is 41.4 Å². The van der Waals surface area contributed by atoms with Crippen LogP contribution in [0.1, 0.15) is 52.4 Å². The van der Waals surface area contributed by atoms with Crippen LogP contribution in [-0.4, -0.2) is 53.0 Å². The van der Waals surface area contributed by atoms with Gasteiger partial charge in [-0.2, -0.15) is 0 Å². The van der Waals surface area contributed by atoms with Crippen LogP contribution in [0, 0.1) is 11.7 Å². The summed E-state index contributed by atoms with van der Waals surface area (Å²) in [5, 5.41) is 6.23. The Labute approximate surface area is 246 Å². The number of amides is 1. The van der Waals surface area contributed by atoms with E-state index in [-0.39, 0.29) is 40.3 Å². The zero-order valence-corrected chi connectivity index (χ0v) is 24.7. The van der Waals surface area contributed by atoms with Gasteiger partial charge < -0.3 is 21.3 Å². The van der Waals surface area contributed by atoms with E-state index in [9.17, 15) is 4.79 Å². The molecule has 1 saturated heterocycles. The van der Waals surface area contributed by atoms with Crippen molar-refractivity contribution in [2.24, 2.45) is 5.92 Å². The first kappa shape index (κ1) is 29.1. The summed E-state index contributed by atoms with van der Waals surface area (Å²) in [6.45, 7) is 5.81. The number of carbonyl (C=O) groups excluding carboxylic acids is 1. The molecule has 3 aromatic rings. The Hall–Kier alpha value is -3.43. The number of aromatic nitrogens is 2. The Kier molecular flexibility index (Phi) is 8.94. The fourth-order valence-corrected chi connectivity index (χ4v) is 6.10. The van der Waals surface area contributed by atoms with E-state index in [1.165, 1.54) is 25.6 Å². The van der Waals surface area contributed by atoms with E-state index in [0.717, 1.165) is 31.6 Å². The van der Waals surface area contributed by atoms with Crippen molar-refractivity contribution in [1.29, 1.82) is 0 Å². The predicted molar refractivity (Wildman–Crippen MR) is 165 cm³/mol. The van der Waals surface area contributed by atoms with E-state index in [4.69, 9.17) is 17.3 Å².